The van der Waals surface area contributed by atoms with Crippen LogP contribution in [0.25, 0.3) is 21.8 Å². The molecule has 0 spiro atoms. The first-order valence-electron chi connectivity index (χ1n) is 6.34. The van der Waals surface area contributed by atoms with E-state index in [2.05, 4.69) is 28.8 Å². The lowest BCUT2D eigenvalue weighted by molar-refractivity contribution is -0.129. The Bertz CT molecular complexity index is 702. The highest BCUT2D eigenvalue weighted by atomic mass is 16.2. The van der Waals surface area contributed by atoms with Gasteiger partial charge in [-0.1, -0.05) is 36.4 Å². The number of rotatable bonds is 2. The van der Waals surface area contributed by atoms with Gasteiger partial charge in [-0.25, -0.2) is 0 Å². The molecule has 3 rings (SSSR count). The minimum atomic E-state index is 0.103. The summed E-state index contributed by atoms with van der Waals surface area (Å²) < 4.78 is 2.09. The molecule has 0 atom stereocenters. The van der Waals surface area contributed by atoms with Crippen LogP contribution in [0, 0.1) is 0 Å². The van der Waals surface area contributed by atoms with Crippen molar-refractivity contribution in [2.75, 3.05) is 14.1 Å². The van der Waals surface area contributed by atoms with Crippen LogP contribution >= 0.6 is 0 Å². The predicted molar refractivity (Wildman–Crippen MR) is 78.1 cm³/mol. The lowest BCUT2D eigenvalue weighted by Crippen LogP contribution is -2.26. The molecule has 0 unspecified atom stereocenters. The first-order valence-corrected chi connectivity index (χ1v) is 6.34. The second-order valence-electron chi connectivity index (χ2n) is 4.91. The lowest BCUT2D eigenvalue weighted by Gasteiger charge is -2.12. The minimum absolute atomic E-state index is 0.103. The number of benzene rings is 2. The Labute approximate surface area is 112 Å². The number of para-hydroxylation sites is 2. The molecule has 3 heteroatoms. The number of hydrogen-bond donors (Lipinski definition) is 0. The van der Waals surface area contributed by atoms with Crippen molar-refractivity contribution in [1.29, 1.82) is 0 Å². The molecule has 1 amide bonds. The third-order valence-electron chi connectivity index (χ3n) is 3.47. The Hall–Kier alpha value is -2.29. The largest absolute Gasteiger partial charge is 0.347 e. The van der Waals surface area contributed by atoms with Gasteiger partial charge in [0.2, 0.25) is 5.91 Å². The average molecular weight is 252 g/mol. The second kappa shape index (κ2) is 4.43. The number of carbonyl (C=O) groups is 1. The molecule has 0 aliphatic heterocycles. The van der Waals surface area contributed by atoms with Crippen LogP contribution < -0.4 is 0 Å². The zero-order valence-electron chi connectivity index (χ0n) is 11.1. The topological polar surface area (TPSA) is 25.2 Å². The van der Waals surface area contributed by atoms with E-state index in [1.165, 1.54) is 10.8 Å². The molecule has 0 N–H and O–H groups in total. The van der Waals surface area contributed by atoms with E-state index in [4.69, 9.17) is 0 Å². The maximum absolute atomic E-state index is 12.0. The molecule has 0 bridgehead atoms. The van der Waals surface area contributed by atoms with Gasteiger partial charge in [0.25, 0.3) is 0 Å². The fourth-order valence-electron chi connectivity index (χ4n) is 2.45. The summed E-state index contributed by atoms with van der Waals surface area (Å²) in [5.74, 6) is 0.103. The molecule has 19 heavy (non-hydrogen) atoms. The maximum Gasteiger partial charge on any atom is 0.242 e. The van der Waals surface area contributed by atoms with Crippen molar-refractivity contribution in [2.45, 2.75) is 6.54 Å². The lowest BCUT2D eigenvalue weighted by atomic mass is 10.2. The summed E-state index contributed by atoms with van der Waals surface area (Å²) in [6.45, 7) is 0.376. The molecule has 1 heterocycles. The third-order valence-corrected chi connectivity index (χ3v) is 3.47. The Kier molecular flexibility index (Phi) is 2.75. The SMILES string of the molecule is CN(C)C(=O)Cn1c2ccccc2c2ccccc21. The van der Waals surface area contributed by atoms with Crippen LogP contribution in [0.15, 0.2) is 48.5 Å². The summed E-state index contributed by atoms with van der Waals surface area (Å²) in [7, 11) is 3.58. The molecule has 0 aliphatic carbocycles. The predicted octanol–water partition coefficient (Wildman–Crippen LogP) is 2.88. The summed E-state index contributed by atoms with van der Waals surface area (Å²) >= 11 is 0. The fraction of sp³-hybridized carbons (Fsp3) is 0.188. The molecule has 3 aromatic rings. The normalized spacial score (nSPS) is 11.1. The molecular formula is C16H16N2O. The van der Waals surface area contributed by atoms with Crippen LogP contribution in [0.3, 0.4) is 0 Å². The maximum atomic E-state index is 12.0. The van der Waals surface area contributed by atoms with Crippen LogP contribution in [0.2, 0.25) is 0 Å². The molecule has 0 saturated heterocycles. The second-order valence-corrected chi connectivity index (χ2v) is 4.91. The van der Waals surface area contributed by atoms with Crippen LogP contribution in [0.4, 0.5) is 0 Å². The number of aromatic nitrogens is 1. The summed E-state index contributed by atoms with van der Waals surface area (Å²) in [4.78, 5) is 13.6. The highest BCUT2D eigenvalue weighted by molar-refractivity contribution is 6.08. The van der Waals surface area contributed by atoms with Gasteiger partial charge in [0.05, 0.1) is 0 Å². The molecule has 96 valence electrons. The molecule has 1 aromatic heterocycles. The first-order chi connectivity index (χ1) is 9.18. The van der Waals surface area contributed by atoms with Crippen molar-refractivity contribution in [2.24, 2.45) is 0 Å². The van der Waals surface area contributed by atoms with Crippen molar-refractivity contribution in [3.8, 4) is 0 Å². The zero-order chi connectivity index (χ0) is 13.4. The van der Waals surface area contributed by atoms with Gasteiger partial charge in [-0.3, -0.25) is 4.79 Å². The van der Waals surface area contributed by atoms with E-state index in [-0.39, 0.29) is 5.91 Å². The number of nitrogens with zero attached hydrogens (tertiary/aromatic N) is 2. The van der Waals surface area contributed by atoms with Crippen molar-refractivity contribution < 1.29 is 4.79 Å². The Morgan fingerprint density at radius 2 is 1.42 bits per heavy atom. The summed E-state index contributed by atoms with van der Waals surface area (Å²) in [5.41, 5.74) is 2.22. The van der Waals surface area contributed by atoms with Gasteiger partial charge in [-0.05, 0) is 12.1 Å². The standard InChI is InChI=1S/C16H16N2O/c1-17(2)16(19)11-18-14-9-5-3-7-12(14)13-8-4-6-10-15(13)18/h3-10H,11H2,1-2H3. The van der Waals surface area contributed by atoms with Crippen LogP contribution in [0.1, 0.15) is 0 Å². The van der Waals surface area contributed by atoms with E-state index in [1.807, 2.05) is 24.3 Å². The van der Waals surface area contributed by atoms with Gasteiger partial charge in [0.15, 0.2) is 0 Å². The summed E-state index contributed by atoms with van der Waals surface area (Å²) in [6, 6.07) is 16.4. The van der Waals surface area contributed by atoms with E-state index in [1.54, 1.807) is 19.0 Å². The number of fused-ring (bicyclic) bond motifs is 3. The zero-order valence-corrected chi connectivity index (χ0v) is 11.1. The Morgan fingerprint density at radius 1 is 0.947 bits per heavy atom. The van der Waals surface area contributed by atoms with E-state index in [0.717, 1.165) is 11.0 Å². The van der Waals surface area contributed by atoms with Crippen LogP contribution in [0.5, 0.6) is 0 Å². The van der Waals surface area contributed by atoms with Gasteiger partial charge in [0.1, 0.15) is 6.54 Å². The molecule has 0 saturated carbocycles. The molecule has 0 radical (unpaired) electrons. The van der Waals surface area contributed by atoms with Crippen molar-refractivity contribution in [1.82, 2.24) is 9.47 Å². The average Bonchev–Trinajstić information content (AvgIpc) is 2.74. The Balaban J connectivity index is 2.28. The van der Waals surface area contributed by atoms with Gasteiger partial charge >= 0.3 is 0 Å². The van der Waals surface area contributed by atoms with Crippen molar-refractivity contribution in [3.63, 3.8) is 0 Å². The number of likely N-dealkylation sites (N-methyl/N-ethyl adjacent to an activating group) is 1. The quantitative estimate of drug-likeness (QED) is 0.688. The third kappa shape index (κ3) is 1.87. The highest BCUT2D eigenvalue weighted by Crippen LogP contribution is 2.28. The monoisotopic (exact) mass is 252 g/mol. The summed E-state index contributed by atoms with van der Waals surface area (Å²) in [5, 5.41) is 2.40. The van der Waals surface area contributed by atoms with Gasteiger partial charge in [-0.15, -0.1) is 0 Å². The number of amides is 1. The molecule has 0 aliphatic rings. The highest BCUT2D eigenvalue weighted by Gasteiger charge is 2.13. The van der Waals surface area contributed by atoms with Crippen LogP contribution in [-0.4, -0.2) is 29.5 Å². The minimum Gasteiger partial charge on any atom is -0.347 e. The van der Waals surface area contributed by atoms with E-state index >= 15 is 0 Å². The number of carbonyl (C=O) groups excluding carboxylic acids is 1. The molecular weight excluding hydrogens is 236 g/mol. The van der Waals surface area contributed by atoms with E-state index in [9.17, 15) is 4.79 Å². The van der Waals surface area contributed by atoms with Gasteiger partial charge in [0, 0.05) is 35.9 Å². The molecule has 0 fully saturated rings. The van der Waals surface area contributed by atoms with Crippen LogP contribution in [-0.2, 0) is 11.3 Å². The van der Waals surface area contributed by atoms with Crippen molar-refractivity contribution >= 4 is 27.7 Å². The van der Waals surface area contributed by atoms with Gasteiger partial charge < -0.3 is 9.47 Å². The first kappa shape index (κ1) is 11.8. The fourth-order valence-corrected chi connectivity index (χ4v) is 2.45. The molecule has 3 nitrogen and oxygen atoms in total. The van der Waals surface area contributed by atoms with E-state index in [0.29, 0.717) is 6.54 Å². The van der Waals surface area contributed by atoms with Crippen molar-refractivity contribution in [3.05, 3.63) is 48.5 Å². The smallest absolute Gasteiger partial charge is 0.242 e. The molecule has 2 aromatic carbocycles. The summed E-state index contributed by atoms with van der Waals surface area (Å²) in [6.07, 6.45) is 0. The number of hydrogen-bond acceptors (Lipinski definition) is 1. The van der Waals surface area contributed by atoms with Gasteiger partial charge in [-0.2, -0.15) is 0 Å². The van der Waals surface area contributed by atoms with E-state index < -0.39 is 0 Å². The Morgan fingerprint density at radius 3 is 1.89 bits per heavy atom.